The zero-order valence-electron chi connectivity index (χ0n) is 10.4. The molecule has 4 aliphatic rings. The minimum atomic E-state index is 0.330. The van der Waals surface area contributed by atoms with Crippen molar-refractivity contribution in [3.05, 3.63) is 23.3 Å². The topological polar surface area (TPSA) is 20.3 Å². The zero-order chi connectivity index (χ0) is 11.6. The van der Waals surface area contributed by atoms with Crippen molar-refractivity contribution in [1.29, 1.82) is 0 Å². The molecule has 4 atom stereocenters. The molecule has 0 aromatic heterocycles. The molecule has 0 aromatic carbocycles. The van der Waals surface area contributed by atoms with Crippen LogP contribution in [0.4, 0.5) is 0 Å². The Kier molecular flexibility index (Phi) is 1.97. The molecule has 17 heavy (non-hydrogen) atoms. The van der Waals surface area contributed by atoms with Gasteiger partial charge in [0.25, 0.3) is 0 Å². The van der Waals surface area contributed by atoms with Crippen molar-refractivity contribution in [2.75, 3.05) is 7.05 Å². The molecule has 4 rings (SSSR count). The van der Waals surface area contributed by atoms with E-state index in [2.05, 4.69) is 24.1 Å². The van der Waals surface area contributed by atoms with Crippen molar-refractivity contribution >= 4 is 5.78 Å². The summed E-state index contributed by atoms with van der Waals surface area (Å²) in [6.45, 7) is 0. The number of Topliss-reactive ketones (excluding diaryl/α,β-unsaturated/α-hetero) is 1. The fourth-order valence-electron chi connectivity index (χ4n) is 4.68. The molecule has 90 valence electrons. The highest BCUT2D eigenvalue weighted by atomic mass is 16.1. The number of rotatable bonds is 0. The van der Waals surface area contributed by atoms with E-state index in [1.807, 2.05) is 0 Å². The van der Waals surface area contributed by atoms with Crippen molar-refractivity contribution in [3.63, 3.8) is 0 Å². The third-order valence-electron chi connectivity index (χ3n) is 5.48. The summed E-state index contributed by atoms with van der Waals surface area (Å²) in [5.74, 6) is 1.36. The van der Waals surface area contributed by atoms with E-state index in [1.54, 1.807) is 0 Å². The summed E-state index contributed by atoms with van der Waals surface area (Å²) in [4.78, 5) is 15.0. The first-order chi connectivity index (χ1) is 8.27. The highest BCUT2D eigenvalue weighted by Gasteiger charge is 2.53. The Balaban J connectivity index is 1.80. The van der Waals surface area contributed by atoms with Gasteiger partial charge in [-0.2, -0.15) is 0 Å². The minimum Gasteiger partial charge on any atom is -0.300 e. The normalized spacial score (nSPS) is 44.2. The standard InChI is InChI=1S/C15H19NO/c1-16-9-6-7-13(16)14-10-4-2-3-5-11(10)15(17)12(14)8-9/h3,5,9,12-14H,2,4,6-8H2,1H3. The Labute approximate surface area is 102 Å². The van der Waals surface area contributed by atoms with Gasteiger partial charge in [0.2, 0.25) is 0 Å². The molecular formula is C15H19NO. The lowest BCUT2D eigenvalue weighted by Crippen LogP contribution is -2.47. The average Bonchev–Trinajstić information content (AvgIpc) is 2.75. The van der Waals surface area contributed by atoms with Gasteiger partial charge in [-0.05, 0) is 39.2 Å². The first kappa shape index (κ1) is 10.1. The summed E-state index contributed by atoms with van der Waals surface area (Å²) < 4.78 is 0. The average molecular weight is 229 g/mol. The van der Waals surface area contributed by atoms with Gasteiger partial charge in [-0.15, -0.1) is 0 Å². The molecule has 2 saturated heterocycles. The molecule has 4 unspecified atom stereocenters. The first-order valence-electron chi connectivity index (χ1n) is 6.93. The molecule has 0 saturated carbocycles. The Bertz CT molecular complexity index is 448. The van der Waals surface area contributed by atoms with Gasteiger partial charge in [0.1, 0.15) is 0 Å². The van der Waals surface area contributed by atoms with Gasteiger partial charge in [0.15, 0.2) is 5.78 Å². The van der Waals surface area contributed by atoms with Crippen LogP contribution in [0.3, 0.4) is 0 Å². The molecule has 0 N–H and O–H groups in total. The predicted octanol–water partition coefficient (Wildman–Crippen LogP) is 2.31. The van der Waals surface area contributed by atoms with E-state index in [-0.39, 0.29) is 0 Å². The van der Waals surface area contributed by atoms with Crippen LogP contribution in [0.25, 0.3) is 0 Å². The molecule has 0 radical (unpaired) electrons. The van der Waals surface area contributed by atoms with Crippen molar-refractivity contribution in [3.8, 4) is 0 Å². The Hall–Kier alpha value is -0.890. The third-order valence-corrected chi connectivity index (χ3v) is 5.48. The van der Waals surface area contributed by atoms with Gasteiger partial charge in [0.05, 0.1) is 0 Å². The summed E-state index contributed by atoms with van der Waals surface area (Å²) in [7, 11) is 2.26. The molecule has 2 aliphatic carbocycles. The first-order valence-corrected chi connectivity index (χ1v) is 6.93. The number of allylic oxidation sites excluding steroid dienone is 3. The number of piperidine rings is 1. The van der Waals surface area contributed by atoms with E-state index in [9.17, 15) is 4.79 Å². The lowest BCUT2D eigenvalue weighted by atomic mass is 9.78. The Morgan fingerprint density at radius 2 is 2.24 bits per heavy atom. The second-order valence-electron chi connectivity index (χ2n) is 6.08. The van der Waals surface area contributed by atoms with E-state index in [1.165, 1.54) is 18.4 Å². The van der Waals surface area contributed by atoms with Crippen molar-refractivity contribution < 1.29 is 4.79 Å². The lowest BCUT2D eigenvalue weighted by molar-refractivity contribution is -0.121. The molecule has 0 spiro atoms. The van der Waals surface area contributed by atoms with E-state index in [0.717, 1.165) is 24.8 Å². The lowest BCUT2D eigenvalue weighted by Gasteiger charge is -2.40. The van der Waals surface area contributed by atoms with Crippen LogP contribution < -0.4 is 0 Å². The van der Waals surface area contributed by atoms with Crippen LogP contribution in [0.1, 0.15) is 32.1 Å². The minimum absolute atomic E-state index is 0.330. The van der Waals surface area contributed by atoms with Crippen molar-refractivity contribution in [2.45, 2.75) is 44.2 Å². The molecule has 2 heterocycles. The molecule has 0 aromatic rings. The maximum absolute atomic E-state index is 12.5. The molecule has 2 aliphatic heterocycles. The number of hydrogen-bond acceptors (Lipinski definition) is 2. The molecule has 2 nitrogen and oxygen atoms in total. The van der Waals surface area contributed by atoms with Gasteiger partial charge < -0.3 is 0 Å². The van der Waals surface area contributed by atoms with E-state index in [4.69, 9.17) is 0 Å². The van der Waals surface area contributed by atoms with E-state index < -0.39 is 0 Å². The van der Waals surface area contributed by atoms with Crippen molar-refractivity contribution in [1.82, 2.24) is 4.90 Å². The maximum Gasteiger partial charge on any atom is 0.166 e. The summed E-state index contributed by atoms with van der Waals surface area (Å²) in [5, 5.41) is 0. The molecule has 2 heteroatoms. The summed E-state index contributed by atoms with van der Waals surface area (Å²) in [5.41, 5.74) is 2.59. The van der Waals surface area contributed by atoms with Gasteiger partial charge in [-0.1, -0.05) is 17.7 Å². The second kappa shape index (κ2) is 3.32. The highest BCUT2D eigenvalue weighted by Crippen LogP contribution is 2.52. The number of carbonyl (C=O) groups excluding carboxylic acids is 1. The summed E-state index contributed by atoms with van der Waals surface area (Å²) >= 11 is 0. The molecule has 0 amide bonds. The van der Waals surface area contributed by atoms with Crippen LogP contribution in [-0.4, -0.2) is 29.8 Å². The number of ketones is 1. The number of carbonyl (C=O) groups is 1. The van der Waals surface area contributed by atoms with Gasteiger partial charge in [-0.3, -0.25) is 9.69 Å². The van der Waals surface area contributed by atoms with Gasteiger partial charge >= 0.3 is 0 Å². The molecular weight excluding hydrogens is 210 g/mol. The van der Waals surface area contributed by atoms with E-state index in [0.29, 0.717) is 29.7 Å². The van der Waals surface area contributed by atoms with Crippen LogP contribution in [0.15, 0.2) is 23.3 Å². The molecule has 2 fully saturated rings. The van der Waals surface area contributed by atoms with Crippen LogP contribution in [0.5, 0.6) is 0 Å². The summed E-state index contributed by atoms with van der Waals surface area (Å²) in [6, 6.07) is 1.33. The largest absolute Gasteiger partial charge is 0.300 e. The van der Waals surface area contributed by atoms with E-state index >= 15 is 0 Å². The monoisotopic (exact) mass is 229 g/mol. The quantitative estimate of drug-likeness (QED) is 0.635. The zero-order valence-corrected chi connectivity index (χ0v) is 10.4. The van der Waals surface area contributed by atoms with Crippen LogP contribution in [0, 0.1) is 11.8 Å². The van der Waals surface area contributed by atoms with Gasteiger partial charge in [0, 0.05) is 29.5 Å². The number of fused-ring (bicyclic) bond motifs is 5. The van der Waals surface area contributed by atoms with Crippen LogP contribution >= 0.6 is 0 Å². The van der Waals surface area contributed by atoms with Crippen LogP contribution in [0.2, 0.25) is 0 Å². The molecule has 2 bridgehead atoms. The maximum atomic E-state index is 12.5. The number of nitrogens with zero attached hydrogens (tertiary/aromatic N) is 1. The smallest absolute Gasteiger partial charge is 0.166 e. The van der Waals surface area contributed by atoms with Crippen LogP contribution in [-0.2, 0) is 4.79 Å². The van der Waals surface area contributed by atoms with Crippen molar-refractivity contribution in [2.24, 2.45) is 11.8 Å². The third kappa shape index (κ3) is 1.17. The SMILES string of the molecule is CN1C2CCC1C1C3=C(C=CCC3)C(=O)C1C2. The summed E-state index contributed by atoms with van der Waals surface area (Å²) in [6.07, 6.45) is 10.3. The second-order valence-corrected chi connectivity index (χ2v) is 6.08. The fraction of sp³-hybridized carbons (Fsp3) is 0.667. The number of hydrogen-bond donors (Lipinski definition) is 0. The predicted molar refractivity (Wildman–Crippen MR) is 66.6 cm³/mol. The van der Waals surface area contributed by atoms with Gasteiger partial charge in [-0.25, -0.2) is 0 Å². The Morgan fingerprint density at radius 1 is 1.35 bits per heavy atom. The highest BCUT2D eigenvalue weighted by molar-refractivity contribution is 6.04. The fourth-order valence-corrected chi connectivity index (χ4v) is 4.68. The Morgan fingerprint density at radius 3 is 3.12 bits per heavy atom.